The van der Waals surface area contributed by atoms with Gasteiger partial charge in [0.1, 0.15) is 10.9 Å². The van der Waals surface area contributed by atoms with Crippen molar-refractivity contribution in [3.63, 3.8) is 0 Å². The number of rotatable bonds is 4. The van der Waals surface area contributed by atoms with Gasteiger partial charge in [0.2, 0.25) is 5.89 Å². The minimum atomic E-state index is -0.342. The highest BCUT2D eigenvalue weighted by Crippen LogP contribution is 2.38. The van der Waals surface area contributed by atoms with Gasteiger partial charge < -0.3 is 15.6 Å². The number of nitrogens with two attached hydrogens (primary N) is 1. The summed E-state index contributed by atoms with van der Waals surface area (Å²) in [6, 6.07) is -0.342. The summed E-state index contributed by atoms with van der Waals surface area (Å²) in [5.41, 5.74) is 6.22. The van der Waals surface area contributed by atoms with Gasteiger partial charge in [-0.05, 0) is 26.7 Å². The van der Waals surface area contributed by atoms with Gasteiger partial charge in [-0.1, -0.05) is 16.5 Å². The van der Waals surface area contributed by atoms with Crippen LogP contribution in [0, 0.1) is 6.92 Å². The Morgan fingerprint density at radius 3 is 2.85 bits per heavy atom. The summed E-state index contributed by atoms with van der Waals surface area (Å²) in [4.78, 5) is 21.0. The molecule has 3 N–H and O–H groups in total. The summed E-state index contributed by atoms with van der Waals surface area (Å²) in [5, 5.41) is 7.14. The Bertz CT molecular complexity index is 646. The zero-order valence-corrected chi connectivity index (χ0v) is 12.0. The van der Waals surface area contributed by atoms with Gasteiger partial charge in [0, 0.05) is 5.92 Å². The van der Waals surface area contributed by atoms with Gasteiger partial charge in [0.25, 0.3) is 5.91 Å². The summed E-state index contributed by atoms with van der Waals surface area (Å²) in [6.45, 7) is 3.56. The molecule has 2 heterocycles. The van der Waals surface area contributed by atoms with E-state index in [1.807, 2.05) is 6.92 Å². The molecule has 8 heteroatoms. The Morgan fingerprint density at radius 2 is 2.25 bits per heavy atom. The molecule has 2 aromatic heterocycles. The Morgan fingerprint density at radius 1 is 1.50 bits per heavy atom. The summed E-state index contributed by atoms with van der Waals surface area (Å²) >= 11 is 1.17. The van der Waals surface area contributed by atoms with Crippen LogP contribution in [0.2, 0.25) is 0 Å². The number of aryl methyl sites for hydroxylation is 1. The van der Waals surface area contributed by atoms with Crippen molar-refractivity contribution >= 4 is 22.4 Å². The van der Waals surface area contributed by atoms with E-state index in [0.717, 1.165) is 18.7 Å². The molecule has 1 fully saturated rings. The maximum absolute atomic E-state index is 12.1. The molecule has 20 heavy (non-hydrogen) atoms. The van der Waals surface area contributed by atoms with Gasteiger partial charge in [-0.3, -0.25) is 4.79 Å². The molecule has 1 saturated carbocycles. The Hall–Kier alpha value is -1.96. The van der Waals surface area contributed by atoms with Crippen LogP contribution >= 0.6 is 11.3 Å². The Labute approximate surface area is 119 Å². The van der Waals surface area contributed by atoms with E-state index in [9.17, 15) is 4.79 Å². The zero-order valence-electron chi connectivity index (χ0n) is 11.2. The molecule has 3 rings (SSSR count). The van der Waals surface area contributed by atoms with E-state index in [4.69, 9.17) is 10.3 Å². The van der Waals surface area contributed by atoms with E-state index in [-0.39, 0.29) is 11.9 Å². The van der Waals surface area contributed by atoms with Crippen LogP contribution in [-0.4, -0.2) is 21.0 Å². The first-order valence-corrected chi connectivity index (χ1v) is 7.23. The van der Waals surface area contributed by atoms with Gasteiger partial charge in [-0.15, -0.1) is 0 Å². The molecule has 0 radical (unpaired) electrons. The SMILES string of the molecule is Cc1nc(N)sc1C(=O)NC(C)c1nc(C2CC2)no1. The first-order chi connectivity index (χ1) is 9.54. The number of hydrogen-bond donors (Lipinski definition) is 2. The maximum Gasteiger partial charge on any atom is 0.263 e. The summed E-state index contributed by atoms with van der Waals surface area (Å²) in [7, 11) is 0. The minimum absolute atomic E-state index is 0.227. The number of aromatic nitrogens is 3. The molecule has 0 spiro atoms. The normalized spacial score (nSPS) is 16.1. The third kappa shape index (κ3) is 2.51. The summed E-state index contributed by atoms with van der Waals surface area (Å²) < 4.78 is 5.19. The number of nitrogens with one attached hydrogen (secondary N) is 1. The number of nitrogens with zero attached hydrogens (tertiary/aromatic N) is 3. The zero-order chi connectivity index (χ0) is 14.3. The average Bonchev–Trinajstić information content (AvgIpc) is 3.02. The van der Waals surface area contributed by atoms with Gasteiger partial charge in [-0.25, -0.2) is 4.98 Å². The number of thiazole rings is 1. The van der Waals surface area contributed by atoms with Crippen molar-refractivity contribution in [3.05, 3.63) is 22.3 Å². The second-order valence-corrected chi connectivity index (χ2v) is 5.96. The van der Waals surface area contributed by atoms with Crippen LogP contribution < -0.4 is 11.1 Å². The highest BCUT2D eigenvalue weighted by atomic mass is 32.1. The third-order valence-electron chi connectivity index (χ3n) is 3.14. The van der Waals surface area contributed by atoms with Gasteiger partial charge in [-0.2, -0.15) is 4.98 Å². The molecule has 0 aliphatic heterocycles. The van der Waals surface area contributed by atoms with Crippen LogP contribution in [0.25, 0.3) is 0 Å². The van der Waals surface area contributed by atoms with E-state index in [2.05, 4.69) is 20.4 Å². The highest BCUT2D eigenvalue weighted by Gasteiger charge is 2.30. The molecular formula is C12H15N5O2S. The summed E-state index contributed by atoms with van der Waals surface area (Å²) in [6.07, 6.45) is 2.22. The molecule has 7 nitrogen and oxygen atoms in total. The van der Waals surface area contributed by atoms with Crippen molar-refractivity contribution in [1.29, 1.82) is 0 Å². The second-order valence-electron chi connectivity index (χ2n) is 4.93. The molecular weight excluding hydrogens is 278 g/mol. The van der Waals surface area contributed by atoms with Crippen LogP contribution in [-0.2, 0) is 0 Å². The van der Waals surface area contributed by atoms with Crippen LogP contribution in [0.15, 0.2) is 4.52 Å². The van der Waals surface area contributed by atoms with Crippen molar-refractivity contribution in [2.24, 2.45) is 0 Å². The molecule has 0 saturated heterocycles. The van der Waals surface area contributed by atoms with Gasteiger partial charge in [0.05, 0.1) is 5.69 Å². The molecule has 1 amide bonds. The molecule has 0 aromatic carbocycles. The molecule has 1 aliphatic rings. The van der Waals surface area contributed by atoms with Crippen molar-refractivity contribution in [3.8, 4) is 0 Å². The van der Waals surface area contributed by atoms with Crippen molar-refractivity contribution < 1.29 is 9.32 Å². The summed E-state index contributed by atoms with van der Waals surface area (Å²) in [5.74, 6) is 1.36. The number of amides is 1. The van der Waals surface area contributed by atoms with Gasteiger partial charge >= 0.3 is 0 Å². The lowest BCUT2D eigenvalue weighted by molar-refractivity contribution is 0.0936. The van der Waals surface area contributed by atoms with E-state index in [1.54, 1.807) is 6.92 Å². The number of anilines is 1. The molecule has 1 atom stereocenters. The number of carbonyl (C=O) groups excluding carboxylic acids is 1. The molecule has 106 valence electrons. The van der Waals surface area contributed by atoms with Crippen molar-refractivity contribution in [1.82, 2.24) is 20.4 Å². The Balaban J connectivity index is 1.69. The Kier molecular flexibility index (Phi) is 3.17. The van der Waals surface area contributed by atoms with Crippen LogP contribution in [0.1, 0.15) is 58.8 Å². The molecule has 1 unspecified atom stereocenters. The number of carbonyl (C=O) groups is 1. The van der Waals surface area contributed by atoms with E-state index < -0.39 is 0 Å². The molecule has 0 bridgehead atoms. The van der Waals surface area contributed by atoms with E-state index in [0.29, 0.717) is 27.5 Å². The number of nitrogen functional groups attached to an aromatic ring is 1. The lowest BCUT2D eigenvalue weighted by Gasteiger charge is -2.08. The quantitative estimate of drug-likeness (QED) is 0.889. The monoisotopic (exact) mass is 293 g/mol. The van der Waals surface area contributed by atoms with Crippen LogP contribution in [0.3, 0.4) is 0 Å². The van der Waals surface area contributed by atoms with E-state index >= 15 is 0 Å². The molecule has 1 aliphatic carbocycles. The highest BCUT2D eigenvalue weighted by molar-refractivity contribution is 7.17. The molecule has 2 aromatic rings. The maximum atomic E-state index is 12.1. The van der Waals surface area contributed by atoms with Crippen LogP contribution in [0.5, 0.6) is 0 Å². The first-order valence-electron chi connectivity index (χ1n) is 6.42. The smallest absolute Gasteiger partial charge is 0.263 e. The van der Waals surface area contributed by atoms with Crippen LogP contribution in [0.4, 0.5) is 5.13 Å². The first kappa shape index (κ1) is 13.0. The fourth-order valence-corrected chi connectivity index (χ4v) is 2.62. The van der Waals surface area contributed by atoms with Crippen molar-refractivity contribution in [2.75, 3.05) is 5.73 Å². The van der Waals surface area contributed by atoms with Gasteiger partial charge in [0.15, 0.2) is 11.0 Å². The number of hydrogen-bond acceptors (Lipinski definition) is 7. The predicted molar refractivity (Wildman–Crippen MR) is 73.4 cm³/mol. The fourth-order valence-electron chi connectivity index (χ4n) is 1.88. The van der Waals surface area contributed by atoms with Crippen molar-refractivity contribution in [2.45, 2.75) is 38.6 Å². The topological polar surface area (TPSA) is 107 Å². The second kappa shape index (κ2) is 4.86. The standard InChI is InChI=1S/C12H15N5O2S/c1-5-8(20-12(13)15-5)10(18)14-6(2)11-16-9(17-19-11)7-3-4-7/h6-7H,3-4H2,1-2H3,(H2,13,15)(H,14,18). The fraction of sp³-hybridized carbons (Fsp3) is 0.500. The lowest BCUT2D eigenvalue weighted by Crippen LogP contribution is -2.26. The minimum Gasteiger partial charge on any atom is -0.375 e. The van der Waals surface area contributed by atoms with E-state index in [1.165, 1.54) is 11.3 Å². The lowest BCUT2D eigenvalue weighted by atomic mass is 10.3. The average molecular weight is 293 g/mol. The third-order valence-corrected chi connectivity index (χ3v) is 4.12. The largest absolute Gasteiger partial charge is 0.375 e. The predicted octanol–water partition coefficient (Wildman–Crippen LogP) is 1.79.